The third kappa shape index (κ3) is 4.04. The zero-order valence-corrected chi connectivity index (χ0v) is 17.7. The van der Waals surface area contributed by atoms with E-state index in [9.17, 15) is 9.59 Å². The van der Waals surface area contributed by atoms with Crippen molar-refractivity contribution in [2.75, 3.05) is 5.32 Å². The smallest absolute Gasteiger partial charge is 0.265 e. The highest BCUT2D eigenvalue weighted by Gasteiger charge is 2.25. The van der Waals surface area contributed by atoms with Gasteiger partial charge >= 0.3 is 0 Å². The lowest BCUT2D eigenvalue weighted by molar-refractivity contribution is 0.102. The van der Waals surface area contributed by atoms with Crippen LogP contribution in [0.2, 0.25) is 0 Å². The number of carbonyl (C=O) groups excluding carboxylic acids is 1. The average Bonchev–Trinajstić information content (AvgIpc) is 3.11. The summed E-state index contributed by atoms with van der Waals surface area (Å²) in [5, 5.41) is 3.19. The van der Waals surface area contributed by atoms with Crippen molar-refractivity contribution in [3.05, 3.63) is 57.8 Å². The Morgan fingerprint density at radius 1 is 1.20 bits per heavy atom. The lowest BCUT2D eigenvalue weighted by atomic mass is 9.95. The summed E-state index contributed by atoms with van der Waals surface area (Å²) in [6, 6.07) is 8.01. The molecule has 1 N–H and O–H groups in total. The van der Waals surface area contributed by atoms with Crippen molar-refractivity contribution >= 4 is 22.7 Å². The molecule has 3 aromatic rings. The van der Waals surface area contributed by atoms with Crippen LogP contribution in [0.4, 0.5) is 5.69 Å². The van der Waals surface area contributed by atoms with Gasteiger partial charge in [-0.2, -0.15) is 0 Å². The van der Waals surface area contributed by atoms with Crippen LogP contribution in [0.15, 0.2) is 39.8 Å². The van der Waals surface area contributed by atoms with E-state index in [-0.39, 0.29) is 34.2 Å². The molecule has 1 aliphatic carbocycles. The Labute approximate surface area is 176 Å². The van der Waals surface area contributed by atoms with Crippen molar-refractivity contribution in [2.24, 2.45) is 0 Å². The molecule has 30 heavy (non-hydrogen) atoms. The van der Waals surface area contributed by atoms with Gasteiger partial charge < -0.3 is 9.73 Å². The first kappa shape index (κ1) is 20.4. The molecule has 6 heteroatoms. The molecule has 0 bridgehead atoms. The number of furan rings is 1. The van der Waals surface area contributed by atoms with E-state index >= 15 is 0 Å². The highest BCUT2D eigenvalue weighted by Crippen LogP contribution is 2.28. The molecule has 0 saturated heterocycles. The zero-order valence-electron chi connectivity index (χ0n) is 17.7. The number of unbranched alkanes of at least 4 members (excludes halogenated alkanes) is 1. The van der Waals surface area contributed by atoms with Crippen molar-refractivity contribution in [2.45, 2.75) is 71.3 Å². The summed E-state index contributed by atoms with van der Waals surface area (Å²) in [7, 11) is 0. The minimum atomic E-state index is -0.340. The maximum absolute atomic E-state index is 13.2. The van der Waals surface area contributed by atoms with Gasteiger partial charge in [0, 0.05) is 11.7 Å². The SMILES string of the molecule is CCCCc1ccc(NC(=O)c2c(C)oc3ncn(C4CCCCC4)c(=O)c23)cc1. The van der Waals surface area contributed by atoms with Gasteiger partial charge in [0.15, 0.2) is 0 Å². The lowest BCUT2D eigenvalue weighted by Gasteiger charge is -2.23. The van der Waals surface area contributed by atoms with Gasteiger partial charge in [0.05, 0.1) is 5.56 Å². The van der Waals surface area contributed by atoms with E-state index in [1.165, 1.54) is 12.0 Å². The number of anilines is 1. The molecule has 0 aliphatic heterocycles. The Kier molecular flexibility index (Phi) is 6.02. The van der Waals surface area contributed by atoms with Crippen LogP contribution in [0.3, 0.4) is 0 Å². The van der Waals surface area contributed by atoms with Gasteiger partial charge in [0.25, 0.3) is 11.5 Å². The first-order chi connectivity index (χ1) is 14.6. The highest BCUT2D eigenvalue weighted by atomic mass is 16.3. The average molecular weight is 408 g/mol. The molecule has 158 valence electrons. The summed E-state index contributed by atoms with van der Waals surface area (Å²) in [5.74, 6) is 0.0703. The van der Waals surface area contributed by atoms with Crippen LogP contribution in [0.25, 0.3) is 11.1 Å². The second kappa shape index (κ2) is 8.86. The molecule has 2 heterocycles. The zero-order chi connectivity index (χ0) is 21.1. The van der Waals surface area contributed by atoms with Crippen molar-refractivity contribution in [1.29, 1.82) is 0 Å². The third-order valence-electron chi connectivity index (χ3n) is 6.04. The van der Waals surface area contributed by atoms with E-state index in [1.54, 1.807) is 17.8 Å². The van der Waals surface area contributed by atoms with E-state index in [2.05, 4.69) is 17.2 Å². The van der Waals surface area contributed by atoms with Crippen LogP contribution in [-0.2, 0) is 6.42 Å². The molecule has 0 atom stereocenters. The van der Waals surface area contributed by atoms with Crippen LogP contribution in [0, 0.1) is 6.92 Å². The van der Waals surface area contributed by atoms with E-state index < -0.39 is 0 Å². The Morgan fingerprint density at radius 3 is 2.63 bits per heavy atom. The van der Waals surface area contributed by atoms with Gasteiger partial charge in [0.1, 0.15) is 17.5 Å². The summed E-state index contributed by atoms with van der Waals surface area (Å²) in [4.78, 5) is 30.7. The molecule has 1 amide bonds. The quantitative estimate of drug-likeness (QED) is 0.594. The van der Waals surface area contributed by atoms with Gasteiger partial charge in [0.2, 0.25) is 5.71 Å². The maximum atomic E-state index is 13.2. The third-order valence-corrected chi connectivity index (χ3v) is 6.04. The predicted molar refractivity (Wildman–Crippen MR) is 118 cm³/mol. The summed E-state index contributed by atoms with van der Waals surface area (Å²) in [6.07, 6.45) is 10.3. The molecule has 2 aromatic heterocycles. The second-order valence-electron chi connectivity index (χ2n) is 8.22. The fraction of sp³-hybridized carbons (Fsp3) is 0.458. The van der Waals surface area contributed by atoms with Crippen molar-refractivity contribution < 1.29 is 9.21 Å². The Bertz CT molecular complexity index is 1090. The number of aryl methyl sites for hydroxylation is 2. The Morgan fingerprint density at radius 2 is 1.93 bits per heavy atom. The second-order valence-corrected chi connectivity index (χ2v) is 8.22. The first-order valence-corrected chi connectivity index (χ1v) is 11.0. The highest BCUT2D eigenvalue weighted by molar-refractivity contribution is 6.12. The Balaban J connectivity index is 1.63. The standard InChI is InChI=1S/C24H29N3O3/c1-3-4-8-17-11-13-18(14-12-17)26-22(28)20-16(2)30-23-21(20)24(29)27(15-25-23)19-9-6-5-7-10-19/h11-15,19H,3-10H2,1-2H3,(H,26,28). The number of fused-ring (bicyclic) bond motifs is 1. The van der Waals surface area contributed by atoms with Crippen molar-refractivity contribution in [3.8, 4) is 0 Å². The summed E-state index contributed by atoms with van der Waals surface area (Å²) in [5.41, 5.74) is 2.26. The molecule has 0 unspecified atom stereocenters. The number of rotatable bonds is 6. The van der Waals surface area contributed by atoms with E-state index in [0.29, 0.717) is 11.4 Å². The number of hydrogen-bond acceptors (Lipinski definition) is 4. The number of aromatic nitrogens is 2. The minimum Gasteiger partial charge on any atom is -0.442 e. The largest absolute Gasteiger partial charge is 0.442 e. The van der Waals surface area contributed by atoms with Crippen LogP contribution in [0.1, 0.15) is 79.6 Å². The van der Waals surface area contributed by atoms with Crippen LogP contribution in [0.5, 0.6) is 0 Å². The van der Waals surface area contributed by atoms with Gasteiger partial charge in [-0.3, -0.25) is 14.2 Å². The van der Waals surface area contributed by atoms with Crippen LogP contribution in [-0.4, -0.2) is 15.5 Å². The summed E-state index contributed by atoms with van der Waals surface area (Å²) >= 11 is 0. The topological polar surface area (TPSA) is 77.1 Å². The van der Waals surface area contributed by atoms with Crippen LogP contribution < -0.4 is 10.9 Å². The van der Waals surface area contributed by atoms with Crippen molar-refractivity contribution in [1.82, 2.24) is 9.55 Å². The van der Waals surface area contributed by atoms with Crippen molar-refractivity contribution in [3.63, 3.8) is 0 Å². The molecule has 1 aliphatic rings. The number of nitrogens with one attached hydrogen (secondary N) is 1. The van der Waals surface area contributed by atoms with Gasteiger partial charge in [-0.25, -0.2) is 4.98 Å². The minimum absolute atomic E-state index is 0.143. The molecule has 1 aromatic carbocycles. The number of carbonyl (C=O) groups is 1. The fourth-order valence-corrected chi connectivity index (χ4v) is 4.34. The monoisotopic (exact) mass is 407 g/mol. The Hall–Kier alpha value is -2.89. The molecule has 4 rings (SSSR count). The first-order valence-electron chi connectivity index (χ1n) is 11.0. The van der Waals surface area contributed by atoms with Gasteiger partial charge in [-0.05, 0) is 50.3 Å². The number of hydrogen-bond donors (Lipinski definition) is 1. The number of nitrogens with zero attached hydrogens (tertiary/aromatic N) is 2. The van der Waals surface area contributed by atoms with Crippen LogP contribution >= 0.6 is 0 Å². The van der Waals surface area contributed by atoms with E-state index in [1.807, 2.05) is 24.3 Å². The molecule has 1 saturated carbocycles. The van der Waals surface area contributed by atoms with E-state index in [4.69, 9.17) is 4.42 Å². The maximum Gasteiger partial charge on any atom is 0.265 e. The fourth-order valence-electron chi connectivity index (χ4n) is 4.34. The molecular weight excluding hydrogens is 378 g/mol. The van der Waals surface area contributed by atoms with Gasteiger partial charge in [-0.1, -0.05) is 44.7 Å². The molecule has 6 nitrogen and oxygen atoms in total. The summed E-state index contributed by atoms with van der Waals surface area (Å²) < 4.78 is 7.35. The normalized spacial score (nSPS) is 14.9. The molecule has 0 spiro atoms. The number of benzene rings is 1. The summed E-state index contributed by atoms with van der Waals surface area (Å²) in [6.45, 7) is 3.87. The molecule has 0 radical (unpaired) electrons. The molecule has 1 fully saturated rings. The lowest BCUT2D eigenvalue weighted by Crippen LogP contribution is -2.27. The number of amides is 1. The van der Waals surface area contributed by atoms with E-state index in [0.717, 1.165) is 44.9 Å². The predicted octanol–water partition coefficient (Wildman–Crippen LogP) is 5.40. The van der Waals surface area contributed by atoms with Gasteiger partial charge in [-0.15, -0.1) is 0 Å². The molecular formula is C24H29N3O3.